The SMILES string of the molecule is COC[C@@H](C(=O)N[C@@H](CC(=O)O)c1cccc(-c2ccccc2C)c1)n1cnc2c(C3CN(c4cc([C@@H](CC(=O)O)NC(=O)[C@H](CC(C)C)n5cnc6ccccc6c5=O)ccc4C)CCO3)cccc2c1=O. The predicted molar refractivity (Wildman–Crippen MR) is 276 cm³/mol. The van der Waals surface area contributed by atoms with Gasteiger partial charge in [0.25, 0.3) is 11.1 Å². The van der Waals surface area contributed by atoms with Crippen LogP contribution in [0.4, 0.5) is 5.69 Å². The van der Waals surface area contributed by atoms with E-state index in [9.17, 15) is 39.0 Å². The molecule has 1 fully saturated rings. The maximum absolute atomic E-state index is 14.4. The lowest BCUT2D eigenvalue weighted by Crippen LogP contribution is -2.42. The number of amides is 2. The summed E-state index contributed by atoms with van der Waals surface area (Å²) in [6, 6.07) is 28.7. The van der Waals surface area contributed by atoms with Crippen molar-refractivity contribution in [1.82, 2.24) is 29.7 Å². The van der Waals surface area contributed by atoms with E-state index < -0.39 is 72.4 Å². The molecular formula is C56H59N7O10. The summed E-state index contributed by atoms with van der Waals surface area (Å²) < 4.78 is 14.3. The summed E-state index contributed by atoms with van der Waals surface area (Å²) in [5.74, 6) is -3.37. The van der Waals surface area contributed by atoms with Gasteiger partial charge in [-0.2, -0.15) is 0 Å². The Labute approximate surface area is 421 Å². The van der Waals surface area contributed by atoms with Crippen LogP contribution in [0.2, 0.25) is 0 Å². The smallest absolute Gasteiger partial charge is 0.305 e. The zero-order chi connectivity index (χ0) is 51.9. The monoisotopic (exact) mass is 989 g/mol. The maximum Gasteiger partial charge on any atom is 0.305 e. The first-order chi connectivity index (χ1) is 35.1. The molecule has 1 unspecified atom stereocenters. The number of aromatic nitrogens is 4. The van der Waals surface area contributed by atoms with Crippen molar-refractivity contribution in [2.45, 2.75) is 77.2 Å². The third-order valence-corrected chi connectivity index (χ3v) is 13.4. The Morgan fingerprint density at radius 1 is 0.726 bits per heavy atom. The van der Waals surface area contributed by atoms with E-state index in [1.54, 1.807) is 48.5 Å². The topological polar surface area (TPSA) is 224 Å². The van der Waals surface area contributed by atoms with Crippen molar-refractivity contribution in [1.29, 1.82) is 0 Å². The van der Waals surface area contributed by atoms with Gasteiger partial charge in [-0.15, -0.1) is 0 Å². The average Bonchev–Trinajstić information content (AvgIpc) is 3.37. The molecule has 2 amide bonds. The first-order valence-corrected chi connectivity index (χ1v) is 24.2. The van der Waals surface area contributed by atoms with E-state index in [1.165, 1.54) is 28.9 Å². The van der Waals surface area contributed by atoms with Crippen LogP contribution in [-0.2, 0) is 28.7 Å². The quantitative estimate of drug-likeness (QED) is 0.0621. The van der Waals surface area contributed by atoms with Crippen LogP contribution in [0.25, 0.3) is 32.9 Å². The number of aliphatic carboxylic acids is 2. The van der Waals surface area contributed by atoms with Crippen molar-refractivity contribution in [2.75, 3.05) is 38.3 Å². The van der Waals surface area contributed by atoms with Crippen molar-refractivity contribution in [2.24, 2.45) is 5.92 Å². The van der Waals surface area contributed by atoms with E-state index in [4.69, 9.17) is 14.5 Å². The first kappa shape index (κ1) is 51.3. The fourth-order valence-electron chi connectivity index (χ4n) is 9.66. The summed E-state index contributed by atoms with van der Waals surface area (Å²) in [4.78, 5) is 92.4. The van der Waals surface area contributed by atoms with Gasteiger partial charge >= 0.3 is 11.9 Å². The highest BCUT2D eigenvalue weighted by atomic mass is 16.5. The number of rotatable bonds is 19. The van der Waals surface area contributed by atoms with Gasteiger partial charge < -0.3 is 35.2 Å². The van der Waals surface area contributed by atoms with E-state index in [-0.39, 0.29) is 23.5 Å². The Kier molecular flexibility index (Phi) is 15.9. The average molecular weight is 990 g/mol. The van der Waals surface area contributed by atoms with E-state index in [0.29, 0.717) is 59.2 Å². The number of nitrogens with one attached hydrogen (secondary N) is 2. The molecule has 0 aliphatic carbocycles. The minimum Gasteiger partial charge on any atom is -0.481 e. The molecule has 0 spiro atoms. The Morgan fingerprint density at radius 3 is 2.07 bits per heavy atom. The number of carboxylic acids is 2. The van der Waals surface area contributed by atoms with E-state index in [0.717, 1.165) is 27.9 Å². The zero-order valence-corrected chi connectivity index (χ0v) is 41.4. The van der Waals surface area contributed by atoms with Crippen molar-refractivity contribution in [3.05, 3.63) is 170 Å². The summed E-state index contributed by atoms with van der Waals surface area (Å²) >= 11 is 0. The van der Waals surface area contributed by atoms with Crippen LogP contribution in [0.3, 0.4) is 0 Å². The molecule has 5 atom stereocenters. The molecule has 0 radical (unpaired) electrons. The minimum absolute atomic E-state index is 0.00838. The molecule has 0 bridgehead atoms. The summed E-state index contributed by atoms with van der Waals surface area (Å²) in [6.45, 7) is 8.69. The number of morpholine rings is 1. The van der Waals surface area contributed by atoms with Gasteiger partial charge in [0.15, 0.2) is 0 Å². The molecule has 2 aromatic heterocycles. The fraction of sp³-hybridized carbons (Fsp3) is 0.321. The molecule has 1 saturated heterocycles. The second-order valence-corrected chi connectivity index (χ2v) is 18.9. The minimum atomic E-state index is -1.21. The summed E-state index contributed by atoms with van der Waals surface area (Å²) in [6.07, 6.45) is 1.57. The van der Waals surface area contributed by atoms with Crippen molar-refractivity contribution < 1.29 is 38.9 Å². The third kappa shape index (κ3) is 11.5. The van der Waals surface area contributed by atoms with Crippen molar-refractivity contribution in [3.8, 4) is 11.1 Å². The molecule has 1 aliphatic heterocycles. The molecule has 7 aromatic rings. The molecule has 3 heterocycles. The van der Waals surface area contributed by atoms with Crippen LogP contribution in [0.1, 0.15) is 91.2 Å². The standard InChI is InChI=1S/C56H59N7O10/c1-33(2)24-47(62-31-57-43-19-9-8-16-40(43)55(62)70)53(68)59-45(28-51(66)67)38-21-20-35(4)46(26-38)61-22-23-73-49(29-61)41-17-11-18-42-52(41)58-32-63(56(42)71)48(30-72-5)54(69)60-44(27-50(64)65)37-14-10-13-36(25-37)39-15-7-6-12-34(39)3/h6-21,25-26,31-33,44-45,47-49H,22-24,27-30H2,1-5H3,(H,59,68)(H,60,69)(H,64,65)(H,66,67)/t44-,45+,47-,48-,49?/m0/s1. The molecule has 378 valence electrons. The zero-order valence-electron chi connectivity index (χ0n) is 41.4. The van der Waals surface area contributed by atoms with Crippen LogP contribution in [0, 0.1) is 19.8 Å². The number of ether oxygens (including phenoxy) is 2. The normalized spacial score (nSPS) is 15.4. The van der Waals surface area contributed by atoms with Gasteiger partial charge in [-0.05, 0) is 89.9 Å². The molecule has 17 nitrogen and oxygen atoms in total. The number of fused-ring (bicyclic) bond motifs is 2. The Bertz CT molecular complexity index is 3320. The molecule has 1 aliphatic rings. The van der Waals surface area contributed by atoms with Crippen LogP contribution >= 0.6 is 0 Å². The largest absolute Gasteiger partial charge is 0.481 e. The van der Waals surface area contributed by atoms with Gasteiger partial charge in [0, 0.05) is 31.5 Å². The molecule has 8 rings (SSSR count). The highest BCUT2D eigenvalue weighted by Gasteiger charge is 2.32. The summed E-state index contributed by atoms with van der Waals surface area (Å²) in [7, 11) is 1.41. The van der Waals surface area contributed by atoms with Crippen LogP contribution in [0.5, 0.6) is 0 Å². The van der Waals surface area contributed by atoms with Gasteiger partial charge in [0.05, 0.1) is 72.6 Å². The van der Waals surface area contributed by atoms with E-state index in [1.807, 2.05) is 88.4 Å². The van der Waals surface area contributed by atoms with Gasteiger partial charge in [0.2, 0.25) is 11.8 Å². The first-order valence-electron chi connectivity index (χ1n) is 24.2. The molecule has 17 heteroatoms. The summed E-state index contributed by atoms with van der Waals surface area (Å²) in [5, 5.41) is 26.5. The van der Waals surface area contributed by atoms with Gasteiger partial charge in [-0.3, -0.25) is 37.9 Å². The van der Waals surface area contributed by atoms with Gasteiger partial charge in [-0.1, -0.05) is 92.7 Å². The second-order valence-electron chi connectivity index (χ2n) is 18.9. The lowest BCUT2D eigenvalue weighted by molar-refractivity contribution is -0.139. The molecular weight excluding hydrogens is 931 g/mol. The molecule has 5 aromatic carbocycles. The number of benzene rings is 5. The number of aryl methyl sites for hydroxylation is 2. The van der Waals surface area contributed by atoms with Gasteiger partial charge in [0.1, 0.15) is 18.2 Å². The number of carboxylic acid groups (broad SMARTS) is 2. The van der Waals surface area contributed by atoms with E-state index in [2.05, 4.69) is 20.5 Å². The van der Waals surface area contributed by atoms with Crippen LogP contribution in [0.15, 0.2) is 131 Å². The third-order valence-electron chi connectivity index (χ3n) is 13.4. The highest BCUT2D eigenvalue weighted by molar-refractivity contribution is 5.85. The Morgan fingerprint density at radius 2 is 1.36 bits per heavy atom. The number of carbonyl (C=O) groups is 4. The lowest BCUT2D eigenvalue weighted by Gasteiger charge is -2.36. The second kappa shape index (κ2) is 22.6. The van der Waals surface area contributed by atoms with Crippen LogP contribution < -0.4 is 26.7 Å². The van der Waals surface area contributed by atoms with Crippen molar-refractivity contribution in [3.63, 3.8) is 0 Å². The van der Waals surface area contributed by atoms with Crippen LogP contribution in [-0.4, -0.2) is 86.5 Å². The highest BCUT2D eigenvalue weighted by Crippen LogP contribution is 2.34. The number of carbonyl (C=O) groups excluding carboxylic acids is 2. The Balaban J connectivity index is 1.04. The molecule has 4 N–H and O–H groups in total. The number of para-hydroxylation sites is 2. The number of methoxy groups -OCH3 is 1. The van der Waals surface area contributed by atoms with Crippen molar-refractivity contribution >= 4 is 51.2 Å². The molecule has 73 heavy (non-hydrogen) atoms. The molecule has 0 saturated carbocycles. The lowest BCUT2D eigenvalue weighted by atomic mass is 9.95. The number of nitrogens with zero attached hydrogens (tertiary/aromatic N) is 5. The number of hydrogen-bond donors (Lipinski definition) is 4. The number of hydrogen-bond acceptors (Lipinski definition) is 11. The fourth-order valence-corrected chi connectivity index (χ4v) is 9.66. The Hall–Kier alpha value is -8.02. The maximum atomic E-state index is 14.4. The predicted octanol–water partition coefficient (Wildman–Crippen LogP) is 7.41. The van der Waals surface area contributed by atoms with Gasteiger partial charge in [-0.25, -0.2) is 9.97 Å². The number of anilines is 1. The summed E-state index contributed by atoms with van der Waals surface area (Å²) in [5.41, 5.74) is 6.31. The van der Waals surface area contributed by atoms with E-state index >= 15 is 0 Å².